The first-order chi connectivity index (χ1) is 12.2. The summed E-state index contributed by atoms with van der Waals surface area (Å²) in [4.78, 5) is 26.4. The average Bonchev–Trinajstić information content (AvgIpc) is 3.00. The van der Waals surface area contributed by atoms with E-state index in [4.69, 9.17) is 4.52 Å². The van der Waals surface area contributed by atoms with Crippen LogP contribution in [0.1, 0.15) is 30.4 Å². The molecule has 3 heterocycles. The third kappa shape index (κ3) is 3.61. The van der Waals surface area contributed by atoms with Crippen molar-refractivity contribution in [2.24, 2.45) is 5.92 Å². The molecule has 2 aromatic heterocycles. The van der Waals surface area contributed by atoms with E-state index >= 15 is 0 Å². The van der Waals surface area contributed by atoms with E-state index in [1.54, 1.807) is 6.07 Å². The van der Waals surface area contributed by atoms with Crippen molar-refractivity contribution < 1.29 is 4.52 Å². The summed E-state index contributed by atoms with van der Waals surface area (Å²) in [6.07, 6.45) is 3.11. The molecule has 3 aromatic rings. The lowest BCUT2D eigenvalue weighted by molar-refractivity contribution is 0.162. The van der Waals surface area contributed by atoms with Crippen LogP contribution in [0.25, 0.3) is 10.9 Å². The van der Waals surface area contributed by atoms with Gasteiger partial charge >= 0.3 is 0 Å². The van der Waals surface area contributed by atoms with Crippen LogP contribution in [0.3, 0.4) is 0 Å². The number of fused-ring (bicyclic) bond motifs is 1. The van der Waals surface area contributed by atoms with E-state index in [9.17, 15) is 4.79 Å². The molecule has 0 radical (unpaired) electrons. The number of H-pyrrole nitrogens is 1. The van der Waals surface area contributed by atoms with Gasteiger partial charge in [-0.1, -0.05) is 17.3 Å². The van der Waals surface area contributed by atoms with E-state index in [1.807, 2.05) is 25.1 Å². The molecule has 1 saturated heterocycles. The Kier molecular flexibility index (Phi) is 4.31. The predicted molar refractivity (Wildman–Crippen MR) is 93.1 cm³/mol. The lowest BCUT2D eigenvalue weighted by Gasteiger charge is -2.31. The van der Waals surface area contributed by atoms with Gasteiger partial charge in [0.15, 0.2) is 5.82 Å². The zero-order valence-corrected chi connectivity index (χ0v) is 14.2. The summed E-state index contributed by atoms with van der Waals surface area (Å²) < 4.78 is 5.06. The number of benzene rings is 1. The minimum Gasteiger partial charge on any atom is -0.340 e. The van der Waals surface area contributed by atoms with Crippen molar-refractivity contribution >= 4 is 10.9 Å². The van der Waals surface area contributed by atoms with Crippen LogP contribution in [0.2, 0.25) is 0 Å². The molecule has 25 heavy (non-hydrogen) atoms. The maximum Gasteiger partial charge on any atom is 0.258 e. The maximum absolute atomic E-state index is 12.2. The van der Waals surface area contributed by atoms with Gasteiger partial charge in [0, 0.05) is 19.9 Å². The highest BCUT2D eigenvalue weighted by molar-refractivity contribution is 5.77. The first-order valence-electron chi connectivity index (χ1n) is 8.67. The second-order valence-corrected chi connectivity index (χ2v) is 6.71. The van der Waals surface area contributed by atoms with Crippen LogP contribution < -0.4 is 5.56 Å². The molecule has 1 fully saturated rings. The minimum atomic E-state index is -0.0727. The molecule has 0 bridgehead atoms. The highest BCUT2D eigenvalue weighted by atomic mass is 16.5. The van der Waals surface area contributed by atoms with E-state index < -0.39 is 0 Å². The highest BCUT2D eigenvalue weighted by Gasteiger charge is 2.22. The molecule has 7 nitrogen and oxygen atoms in total. The summed E-state index contributed by atoms with van der Waals surface area (Å²) in [7, 11) is 0. The number of aromatic amines is 1. The van der Waals surface area contributed by atoms with Crippen molar-refractivity contribution in [3.63, 3.8) is 0 Å². The molecule has 1 aliphatic rings. The summed E-state index contributed by atoms with van der Waals surface area (Å²) >= 11 is 0. The minimum absolute atomic E-state index is 0.0727. The summed E-state index contributed by atoms with van der Waals surface area (Å²) in [6, 6.07) is 7.44. The van der Waals surface area contributed by atoms with Gasteiger partial charge in [-0.3, -0.25) is 9.69 Å². The van der Waals surface area contributed by atoms with Crippen LogP contribution in [-0.2, 0) is 13.0 Å². The molecule has 0 amide bonds. The summed E-state index contributed by atoms with van der Waals surface area (Å²) in [6.45, 7) is 4.43. The molecule has 1 atom stereocenters. The lowest BCUT2D eigenvalue weighted by Crippen LogP contribution is -2.36. The van der Waals surface area contributed by atoms with E-state index in [0.29, 0.717) is 23.7 Å². The van der Waals surface area contributed by atoms with Crippen molar-refractivity contribution in [3.8, 4) is 0 Å². The molecule has 1 N–H and O–H groups in total. The number of nitrogens with one attached hydrogen (secondary N) is 1. The molecule has 130 valence electrons. The molecule has 0 unspecified atom stereocenters. The number of aryl methyl sites for hydroxylation is 1. The van der Waals surface area contributed by atoms with Crippen molar-refractivity contribution in [1.82, 2.24) is 25.0 Å². The number of para-hydroxylation sites is 1. The van der Waals surface area contributed by atoms with Crippen LogP contribution in [-0.4, -0.2) is 38.1 Å². The number of piperidine rings is 1. The zero-order valence-electron chi connectivity index (χ0n) is 14.2. The van der Waals surface area contributed by atoms with Gasteiger partial charge in [-0.2, -0.15) is 4.98 Å². The largest absolute Gasteiger partial charge is 0.340 e. The van der Waals surface area contributed by atoms with Gasteiger partial charge in [0.2, 0.25) is 5.89 Å². The van der Waals surface area contributed by atoms with Gasteiger partial charge < -0.3 is 9.51 Å². The van der Waals surface area contributed by atoms with Crippen LogP contribution in [0.4, 0.5) is 0 Å². The Morgan fingerprint density at radius 3 is 3.04 bits per heavy atom. The first kappa shape index (κ1) is 16.0. The monoisotopic (exact) mass is 339 g/mol. The standard InChI is InChI=1S/C18H21N5O2/c1-12-19-16(22-25-12)9-13-5-4-8-23(10-13)11-17-20-15-7-3-2-6-14(15)18(24)21-17/h2-3,6-7,13H,4-5,8-11H2,1H3,(H,20,21,24)/t13-/m0/s1. The molecule has 0 spiro atoms. The summed E-state index contributed by atoms with van der Waals surface area (Å²) in [5, 5.41) is 4.63. The van der Waals surface area contributed by atoms with Crippen LogP contribution in [0, 0.1) is 12.8 Å². The fourth-order valence-corrected chi connectivity index (χ4v) is 3.57. The predicted octanol–water partition coefficient (Wildman–Crippen LogP) is 2.07. The number of rotatable bonds is 4. The molecule has 1 aromatic carbocycles. The normalized spacial score (nSPS) is 18.7. The number of likely N-dealkylation sites (tertiary alicyclic amines) is 1. The second kappa shape index (κ2) is 6.76. The molecule has 4 rings (SSSR count). The lowest BCUT2D eigenvalue weighted by atomic mass is 9.94. The molecule has 7 heteroatoms. The quantitative estimate of drug-likeness (QED) is 0.783. The third-order valence-corrected chi connectivity index (χ3v) is 4.68. The fraction of sp³-hybridized carbons (Fsp3) is 0.444. The summed E-state index contributed by atoms with van der Waals surface area (Å²) in [5.74, 6) is 2.61. The molecule has 0 saturated carbocycles. The Hall–Kier alpha value is -2.54. The van der Waals surface area contributed by atoms with E-state index in [-0.39, 0.29) is 5.56 Å². The van der Waals surface area contributed by atoms with Gasteiger partial charge in [0.25, 0.3) is 5.56 Å². The number of hydrogen-bond donors (Lipinski definition) is 1. The second-order valence-electron chi connectivity index (χ2n) is 6.71. The van der Waals surface area contributed by atoms with E-state index in [1.165, 1.54) is 0 Å². The van der Waals surface area contributed by atoms with Crippen molar-refractivity contribution in [1.29, 1.82) is 0 Å². The van der Waals surface area contributed by atoms with Gasteiger partial charge in [-0.25, -0.2) is 4.98 Å². The Morgan fingerprint density at radius 2 is 2.20 bits per heavy atom. The first-order valence-corrected chi connectivity index (χ1v) is 8.67. The smallest absolute Gasteiger partial charge is 0.258 e. The Labute approximate surface area is 145 Å². The van der Waals surface area contributed by atoms with Gasteiger partial charge in [0.1, 0.15) is 5.82 Å². The van der Waals surface area contributed by atoms with Gasteiger partial charge in [0.05, 0.1) is 17.4 Å². The average molecular weight is 339 g/mol. The van der Waals surface area contributed by atoms with Crippen molar-refractivity contribution in [2.45, 2.75) is 32.7 Å². The van der Waals surface area contributed by atoms with Crippen LogP contribution >= 0.6 is 0 Å². The third-order valence-electron chi connectivity index (χ3n) is 4.68. The number of aromatic nitrogens is 4. The fourth-order valence-electron chi connectivity index (χ4n) is 3.57. The Balaban J connectivity index is 1.46. The van der Waals surface area contributed by atoms with E-state index in [0.717, 1.165) is 49.5 Å². The van der Waals surface area contributed by atoms with Crippen LogP contribution in [0.5, 0.6) is 0 Å². The molecule has 0 aliphatic carbocycles. The van der Waals surface area contributed by atoms with Crippen LogP contribution in [0.15, 0.2) is 33.6 Å². The highest BCUT2D eigenvalue weighted by Crippen LogP contribution is 2.21. The van der Waals surface area contributed by atoms with Gasteiger partial charge in [-0.15, -0.1) is 0 Å². The molecular weight excluding hydrogens is 318 g/mol. The topological polar surface area (TPSA) is 87.9 Å². The maximum atomic E-state index is 12.2. The zero-order chi connectivity index (χ0) is 17.2. The summed E-state index contributed by atoms with van der Waals surface area (Å²) in [5.41, 5.74) is 0.675. The van der Waals surface area contributed by atoms with Crippen molar-refractivity contribution in [2.75, 3.05) is 13.1 Å². The Morgan fingerprint density at radius 1 is 1.32 bits per heavy atom. The van der Waals surface area contributed by atoms with Crippen molar-refractivity contribution in [3.05, 3.63) is 52.2 Å². The number of hydrogen-bond acceptors (Lipinski definition) is 6. The van der Waals surface area contributed by atoms with E-state index in [2.05, 4.69) is 25.0 Å². The molecular formula is C18H21N5O2. The van der Waals surface area contributed by atoms with Gasteiger partial charge in [-0.05, 0) is 37.4 Å². The number of nitrogens with zero attached hydrogens (tertiary/aromatic N) is 4. The SMILES string of the molecule is Cc1nc(C[C@@H]2CCCN(Cc3nc4ccccc4c(=O)[nH]3)C2)no1. The molecule has 1 aliphatic heterocycles. The Bertz CT molecular complexity index is 932.